The Bertz CT molecular complexity index is 1110. The topological polar surface area (TPSA) is 38.0 Å². The molecule has 1 aromatic heterocycles. The zero-order valence-corrected chi connectivity index (χ0v) is 19.9. The summed E-state index contributed by atoms with van der Waals surface area (Å²) in [6.07, 6.45) is -0.389. The summed E-state index contributed by atoms with van der Waals surface area (Å²) in [5.74, 6) is -0.573. The molecule has 1 saturated carbocycles. The third-order valence-corrected chi connectivity index (χ3v) is 6.96. The van der Waals surface area contributed by atoms with E-state index in [1.165, 1.54) is 16.8 Å². The molecular weight excluding hydrogens is 445 g/mol. The Morgan fingerprint density at radius 2 is 1.79 bits per heavy atom. The van der Waals surface area contributed by atoms with Gasteiger partial charge in [-0.25, -0.2) is 18.2 Å². The van der Waals surface area contributed by atoms with Gasteiger partial charge in [-0.2, -0.15) is 0 Å². The highest BCUT2D eigenvalue weighted by Gasteiger charge is 2.39. The number of benzene rings is 2. The average Bonchev–Trinajstić information content (AvgIpc) is 3.19. The van der Waals surface area contributed by atoms with Crippen molar-refractivity contribution >= 4 is 11.8 Å². The van der Waals surface area contributed by atoms with Crippen molar-refractivity contribution in [1.82, 2.24) is 9.55 Å². The number of thioether (sulfide) groups is 1. The van der Waals surface area contributed by atoms with Gasteiger partial charge >= 0.3 is 0 Å². The molecule has 2 unspecified atom stereocenters. The molecule has 0 bridgehead atoms. The molecule has 3 nitrogen and oxygen atoms in total. The highest BCUT2D eigenvalue weighted by atomic mass is 32.2. The van der Waals surface area contributed by atoms with Gasteiger partial charge in [0.1, 0.15) is 29.6 Å². The van der Waals surface area contributed by atoms with Crippen LogP contribution in [0.25, 0.3) is 16.8 Å². The predicted octanol–water partition coefficient (Wildman–Crippen LogP) is 6.96. The van der Waals surface area contributed by atoms with E-state index in [0.29, 0.717) is 12.0 Å². The summed E-state index contributed by atoms with van der Waals surface area (Å²) in [7, 11) is 0. The van der Waals surface area contributed by atoms with Crippen molar-refractivity contribution in [3.63, 3.8) is 0 Å². The lowest BCUT2D eigenvalue weighted by molar-refractivity contribution is 0.0733. The minimum atomic E-state index is -1.41. The predicted molar refractivity (Wildman–Crippen MR) is 127 cm³/mol. The lowest BCUT2D eigenvalue weighted by atomic mass is 9.85. The van der Waals surface area contributed by atoms with Gasteiger partial charge in [-0.3, -0.25) is 4.57 Å². The molecule has 0 amide bonds. The van der Waals surface area contributed by atoms with Gasteiger partial charge in [0.2, 0.25) is 0 Å². The van der Waals surface area contributed by atoms with Gasteiger partial charge in [0.25, 0.3) is 0 Å². The van der Waals surface area contributed by atoms with Crippen LogP contribution in [0.2, 0.25) is 0 Å². The highest BCUT2D eigenvalue weighted by Crippen LogP contribution is 2.39. The van der Waals surface area contributed by atoms with Crippen LogP contribution in [0, 0.1) is 5.82 Å². The van der Waals surface area contributed by atoms with E-state index in [-0.39, 0.29) is 30.0 Å². The average molecular weight is 475 g/mol. The molecule has 1 heterocycles. The molecular formula is C26H29F3N2OS. The van der Waals surface area contributed by atoms with E-state index in [2.05, 4.69) is 11.9 Å². The van der Waals surface area contributed by atoms with Gasteiger partial charge in [0.15, 0.2) is 0 Å². The summed E-state index contributed by atoms with van der Waals surface area (Å²) >= 11 is 1.71. The number of nitrogens with zero attached hydrogens (tertiary/aromatic N) is 2. The molecule has 3 atom stereocenters. The fourth-order valence-electron chi connectivity index (χ4n) is 4.35. The fourth-order valence-corrected chi connectivity index (χ4v) is 5.07. The Balaban J connectivity index is 1.78. The second kappa shape index (κ2) is 9.55. The van der Waals surface area contributed by atoms with Crippen molar-refractivity contribution in [1.29, 1.82) is 0 Å². The molecule has 1 N–H and O–H groups in total. The summed E-state index contributed by atoms with van der Waals surface area (Å²) < 4.78 is 46.5. The van der Waals surface area contributed by atoms with Crippen LogP contribution in [-0.4, -0.2) is 32.8 Å². The van der Waals surface area contributed by atoms with Crippen LogP contribution in [0.1, 0.15) is 57.5 Å². The van der Waals surface area contributed by atoms with Crippen molar-refractivity contribution in [2.75, 3.05) is 5.75 Å². The van der Waals surface area contributed by atoms with Crippen molar-refractivity contribution in [3.8, 4) is 16.8 Å². The fraction of sp³-hybridized carbons (Fsp3) is 0.423. The molecule has 33 heavy (non-hydrogen) atoms. The Labute approximate surface area is 197 Å². The molecule has 0 radical (unpaired) electrons. The van der Waals surface area contributed by atoms with E-state index >= 15 is 4.39 Å². The molecule has 0 saturated heterocycles. The third-order valence-electron chi connectivity index (χ3n) is 6.08. The Kier molecular flexibility index (Phi) is 6.91. The van der Waals surface area contributed by atoms with Crippen LogP contribution in [0.3, 0.4) is 0 Å². The number of hydrogen-bond acceptors (Lipinski definition) is 3. The first-order valence-corrected chi connectivity index (χ1v) is 12.3. The number of alkyl halides is 2. The van der Waals surface area contributed by atoms with Gasteiger partial charge in [-0.1, -0.05) is 25.1 Å². The zero-order valence-electron chi connectivity index (χ0n) is 19.1. The number of halogens is 3. The monoisotopic (exact) mass is 474 g/mol. The maximum absolute atomic E-state index is 15.4. The maximum Gasteiger partial charge on any atom is 0.147 e. The number of aromatic nitrogens is 2. The number of rotatable bonds is 6. The summed E-state index contributed by atoms with van der Waals surface area (Å²) in [6.45, 7) is 5.17. The van der Waals surface area contributed by atoms with Crippen molar-refractivity contribution in [3.05, 3.63) is 66.0 Å². The van der Waals surface area contributed by atoms with E-state index in [4.69, 9.17) is 0 Å². The quantitative estimate of drug-likeness (QED) is 0.393. The lowest BCUT2D eigenvalue weighted by Gasteiger charge is -2.29. The first-order chi connectivity index (χ1) is 15.7. The SMILES string of the molecule is CCSc1cccc(-c2ccc(-n3cc(C(C)(C)O)nc3C3C(F)CCC[C@@H]3F)c(F)c2)c1. The molecule has 3 aromatic rings. The minimum Gasteiger partial charge on any atom is -0.384 e. The second-order valence-corrected chi connectivity index (χ2v) is 10.4. The molecule has 176 valence electrons. The summed E-state index contributed by atoms with van der Waals surface area (Å²) in [5.41, 5.74) is 0.668. The van der Waals surface area contributed by atoms with Crippen molar-refractivity contribution in [2.24, 2.45) is 0 Å². The summed E-state index contributed by atoms with van der Waals surface area (Å²) in [6, 6.07) is 12.7. The Morgan fingerprint density at radius 3 is 2.42 bits per heavy atom. The highest BCUT2D eigenvalue weighted by molar-refractivity contribution is 7.99. The minimum absolute atomic E-state index is 0.111. The van der Waals surface area contributed by atoms with Crippen LogP contribution in [0.5, 0.6) is 0 Å². The molecule has 0 spiro atoms. The van der Waals surface area contributed by atoms with E-state index in [1.54, 1.807) is 37.7 Å². The summed E-state index contributed by atoms with van der Waals surface area (Å²) in [5, 5.41) is 10.5. The van der Waals surface area contributed by atoms with E-state index < -0.39 is 29.7 Å². The Hall–Kier alpha value is -2.25. The van der Waals surface area contributed by atoms with Crippen LogP contribution >= 0.6 is 11.8 Å². The third kappa shape index (κ3) is 4.99. The van der Waals surface area contributed by atoms with E-state index in [9.17, 15) is 13.9 Å². The van der Waals surface area contributed by atoms with Crippen molar-refractivity contribution in [2.45, 2.75) is 68.8 Å². The molecule has 4 rings (SSSR count). The molecule has 7 heteroatoms. The molecule has 2 aromatic carbocycles. The van der Waals surface area contributed by atoms with Gasteiger partial charge in [-0.15, -0.1) is 11.8 Å². The molecule has 1 fully saturated rings. The van der Waals surface area contributed by atoms with Crippen LogP contribution in [0.15, 0.2) is 53.6 Å². The largest absolute Gasteiger partial charge is 0.384 e. The first-order valence-electron chi connectivity index (χ1n) is 11.3. The van der Waals surface area contributed by atoms with Gasteiger partial charge in [-0.05, 0) is 74.3 Å². The van der Waals surface area contributed by atoms with E-state index in [1.807, 2.05) is 24.3 Å². The van der Waals surface area contributed by atoms with Crippen LogP contribution < -0.4 is 0 Å². The summed E-state index contributed by atoms with van der Waals surface area (Å²) in [4.78, 5) is 5.50. The molecule has 1 aliphatic rings. The van der Waals surface area contributed by atoms with Gasteiger partial charge in [0.05, 0.1) is 17.3 Å². The maximum atomic E-state index is 15.4. The smallest absolute Gasteiger partial charge is 0.147 e. The molecule has 1 aliphatic carbocycles. The number of aliphatic hydroxyl groups is 1. The second-order valence-electron chi connectivity index (χ2n) is 9.03. The van der Waals surface area contributed by atoms with Crippen LogP contribution in [-0.2, 0) is 5.60 Å². The van der Waals surface area contributed by atoms with Crippen LogP contribution in [0.4, 0.5) is 13.2 Å². The van der Waals surface area contributed by atoms with Crippen molar-refractivity contribution < 1.29 is 18.3 Å². The Morgan fingerprint density at radius 1 is 1.09 bits per heavy atom. The first kappa shape index (κ1) is 23.9. The van der Waals surface area contributed by atoms with E-state index in [0.717, 1.165) is 16.2 Å². The number of hydrogen-bond donors (Lipinski definition) is 1. The molecule has 0 aliphatic heterocycles. The standard InChI is InChI=1S/C26H29F3N2OS/c1-4-33-18-8-5-7-16(13-18)17-11-12-22(21(29)14-17)31-15-23(26(2,3)32)30-25(31)24-19(27)9-6-10-20(24)28/h5,7-8,11-15,19-20,24,32H,4,6,9-10H2,1-3H3/t19-,20?,24?/m0/s1. The zero-order chi connectivity index (χ0) is 23.8. The van der Waals surface area contributed by atoms with Gasteiger partial charge < -0.3 is 5.11 Å². The van der Waals surface area contributed by atoms with Gasteiger partial charge in [0, 0.05) is 11.1 Å². The lowest BCUT2D eigenvalue weighted by Crippen LogP contribution is -2.31. The normalized spacial score (nSPS) is 21.4. The number of imidazole rings is 1.